The van der Waals surface area contributed by atoms with Crippen LogP contribution in [0.2, 0.25) is 0 Å². The highest BCUT2D eigenvalue weighted by Gasteiger charge is 2.63. The van der Waals surface area contributed by atoms with E-state index in [4.69, 9.17) is 9.47 Å². The van der Waals surface area contributed by atoms with E-state index in [0.29, 0.717) is 23.2 Å². The molecule has 6 rings (SSSR count). The number of hydrogen-bond donors (Lipinski definition) is 1. The fourth-order valence-corrected chi connectivity index (χ4v) is 6.63. The highest BCUT2D eigenvalue weighted by atomic mass is 79.9. The number of halogens is 2. The summed E-state index contributed by atoms with van der Waals surface area (Å²) in [6, 6.07) is 27.0. The van der Waals surface area contributed by atoms with Crippen LogP contribution < -0.4 is 10.2 Å². The number of nitrogens with one attached hydrogen (secondary N) is 1. The molecule has 10 heteroatoms. The van der Waals surface area contributed by atoms with E-state index in [9.17, 15) is 9.59 Å². The summed E-state index contributed by atoms with van der Waals surface area (Å²) >= 11 is 3.45. The van der Waals surface area contributed by atoms with Gasteiger partial charge in [-0.25, -0.2) is 18.9 Å². The zero-order valence-corrected chi connectivity index (χ0v) is 28.6. The predicted octanol–water partition coefficient (Wildman–Crippen LogP) is 8.20. The number of rotatable bonds is 8. The monoisotopic (exact) mass is 711 g/mol. The smallest absolute Gasteiger partial charge is 0.421 e. The Morgan fingerprint density at radius 2 is 1.62 bits per heavy atom. The van der Waals surface area contributed by atoms with Crippen molar-refractivity contribution in [2.45, 2.75) is 51.3 Å². The van der Waals surface area contributed by atoms with Crippen LogP contribution in [0.5, 0.6) is 0 Å². The molecule has 0 saturated heterocycles. The topological polar surface area (TPSA) is 89.9 Å². The number of carbonyl (C=O) groups excluding carboxylic acids is 3. The maximum absolute atomic E-state index is 15.4. The molecule has 5 aromatic rings. The zero-order valence-electron chi connectivity index (χ0n) is 27.0. The van der Waals surface area contributed by atoms with Gasteiger partial charge in [0, 0.05) is 39.4 Å². The molecule has 1 aliphatic rings. The summed E-state index contributed by atoms with van der Waals surface area (Å²) in [5.41, 5.74) is 0.139. The van der Waals surface area contributed by atoms with Crippen LogP contribution in [0.4, 0.5) is 20.6 Å². The van der Waals surface area contributed by atoms with E-state index < -0.39 is 40.8 Å². The second-order valence-electron chi connectivity index (χ2n) is 12.6. The van der Waals surface area contributed by atoms with E-state index in [2.05, 4.69) is 21.2 Å². The lowest BCUT2D eigenvalue weighted by molar-refractivity contribution is -0.147. The van der Waals surface area contributed by atoms with Gasteiger partial charge in [0.15, 0.2) is 0 Å². The average Bonchev–Trinajstić information content (AvgIpc) is 3.52. The number of imide groups is 1. The van der Waals surface area contributed by atoms with E-state index in [1.807, 2.05) is 65.4 Å². The zero-order chi connectivity index (χ0) is 34.2. The number of carbonyl (C=O) groups is 3. The van der Waals surface area contributed by atoms with Crippen LogP contribution in [0.3, 0.4) is 0 Å². The number of hydrogen-bond acceptors (Lipinski definition) is 6. The number of ether oxygens (including phenoxy) is 2. The van der Waals surface area contributed by atoms with E-state index >= 15 is 9.18 Å². The highest BCUT2D eigenvalue weighted by molar-refractivity contribution is 9.10. The first-order chi connectivity index (χ1) is 22.9. The largest absolute Gasteiger partial charge is 0.464 e. The third kappa shape index (κ3) is 5.96. The number of esters is 1. The maximum atomic E-state index is 15.4. The summed E-state index contributed by atoms with van der Waals surface area (Å²) in [5, 5.41) is 3.97. The average molecular weight is 713 g/mol. The third-order valence-electron chi connectivity index (χ3n) is 8.26. The van der Waals surface area contributed by atoms with Crippen molar-refractivity contribution in [3.8, 4) is 0 Å². The maximum Gasteiger partial charge on any atom is 0.421 e. The first-order valence-corrected chi connectivity index (χ1v) is 16.4. The summed E-state index contributed by atoms with van der Waals surface area (Å²) in [7, 11) is 0. The SMILES string of the molecule is CCOC(=O)[C@@H](Nc1ccc(Br)cc1)C1(c2cn(Cc3ccccc3)c3ccccc23)C(=O)N(C(=O)OC(C)(C)C)c2cc(F)ccc21. The minimum absolute atomic E-state index is 0.0129. The Hall–Kier alpha value is -4.96. The lowest BCUT2D eigenvalue weighted by atomic mass is 9.69. The predicted molar refractivity (Wildman–Crippen MR) is 187 cm³/mol. The molecule has 0 saturated carbocycles. The Bertz CT molecular complexity index is 2000. The van der Waals surface area contributed by atoms with Crippen LogP contribution in [0.25, 0.3) is 10.9 Å². The molecule has 0 bridgehead atoms. The third-order valence-corrected chi connectivity index (χ3v) is 8.79. The second-order valence-corrected chi connectivity index (χ2v) is 13.5. The number of amides is 2. The first kappa shape index (κ1) is 33.0. The molecule has 48 heavy (non-hydrogen) atoms. The summed E-state index contributed by atoms with van der Waals surface area (Å²) < 4.78 is 29.3. The van der Waals surface area contributed by atoms with Crippen LogP contribution in [-0.4, -0.2) is 40.8 Å². The number of nitrogens with zero attached hydrogens (tertiary/aromatic N) is 2. The molecule has 1 unspecified atom stereocenters. The van der Waals surface area contributed by atoms with Gasteiger partial charge in [0.1, 0.15) is 22.9 Å². The molecule has 0 aliphatic carbocycles. The van der Waals surface area contributed by atoms with Crippen molar-refractivity contribution in [1.29, 1.82) is 0 Å². The van der Waals surface area contributed by atoms with E-state index in [1.165, 1.54) is 12.1 Å². The Labute approximate surface area is 286 Å². The van der Waals surface area contributed by atoms with Crippen molar-refractivity contribution in [2.24, 2.45) is 0 Å². The molecule has 246 valence electrons. The summed E-state index contributed by atoms with van der Waals surface area (Å²) in [6.07, 6.45) is 0.858. The molecule has 0 fully saturated rings. The van der Waals surface area contributed by atoms with Gasteiger partial charge < -0.3 is 19.4 Å². The Kier molecular flexibility index (Phi) is 8.87. The van der Waals surface area contributed by atoms with Gasteiger partial charge in [-0.05, 0) is 81.3 Å². The van der Waals surface area contributed by atoms with E-state index in [1.54, 1.807) is 52.0 Å². The van der Waals surface area contributed by atoms with Gasteiger partial charge in [0.25, 0.3) is 5.91 Å². The van der Waals surface area contributed by atoms with Crippen LogP contribution >= 0.6 is 15.9 Å². The van der Waals surface area contributed by atoms with Crippen LogP contribution in [0, 0.1) is 5.82 Å². The quantitative estimate of drug-likeness (QED) is 0.163. The molecule has 2 heterocycles. The summed E-state index contributed by atoms with van der Waals surface area (Å²) in [4.78, 5) is 44.4. The molecule has 0 spiro atoms. The lowest BCUT2D eigenvalue weighted by Crippen LogP contribution is -2.57. The van der Waals surface area contributed by atoms with Gasteiger partial charge in [-0.15, -0.1) is 0 Å². The number of fused-ring (bicyclic) bond motifs is 2. The van der Waals surface area contributed by atoms with Gasteiger partial charge in [-0.1, -0.05) is 70.5 Å². The molecule has 1 N–H and O–H groups in total. The van der Waals surface area contributed by atoms with Gasteiger partial charge >= 0.3 is 12.1 Å². The second kappa shape index (κ2) is 12.9. The fourth-order valence-electron chi connectivity index (χ4n) is 6.36. The van der Waals surface area contributed by atoms with Gasteiger partial charge in [-0.2, -0.15) is 0 Å². The lowest BCUT2D eigenvalue weighted by Gasteiger charge is -2.36. The highest BCUT2D eigenvalue weighted by Crippen LogP contribution is 2.52. The number of para-hydroxylation sites is 1. The summed E-state index contributed by atoms with van der Waals surface area (Å²) in [5.74, 6) is -2.16. The van der Waals surface area contributed by atoms with Gasteiger partial charge in [0.2, 0.25) is 0 Å². The Balaban J connectivity index is 1.68. The number of anilines is 2. The molecule has 2 atom stereocenters. The number of benzene rings is 4. The first-order valence-electron chi connectivity index (χ1n) is 15.6. The van der Waals surface area contributed by atoms with Crippen LogP contribution in [0.15, 0.2) is 108 Å². The van der Waals surface area contributed by atoms with Crippen molar-refractivity contribution in [3.63, 3.8) is 0 Å². The van der Waals surface area contributed by atoms with Crippen LogP contribution in [0.1, 0.15) is 44.4 Å². The van der Waals surface area contributed by atoms with Crippen molar-refractivity contribution in [2.75, 3.05) is 16.8 Å². The molecule has 8 nitrogen and oxygen atoms in total. The molecular weight excluding hydrogens is 677 g/mol. The van der Waals surface area contributed by atoms with E-state index in [0.717, 1.165) is 26.5 Å². The van der Waals surface area contributed by atoms with Gasteiger partial charge in [-0.3, -0.25) is 4.79 Å². The molecule has 0 radical (unpaired) electrons. The molecule has 1 aliphatic heterocycles. The van der Waals surface area contributed by atoms with Crippen molar-refractivity contribution in [3.05, 3.63) is 130 Å². The molecule has 1 aromatic heterocycles. The van der Waals surface area contributed by atoms with E-state index in [-0.39, 0.29) is 17.9 Å². The standard InChI is InChI=1S/C38H35BrFN3O5/c1-5-47-34(44)33(41-27-18-15-25(39)16-19-27)38(29-20-17-26(40)21-32(29)43(35(38)45)36(46)48-37(2,3)4)30-23-42(22-24-11-7-6-8-12-24)31-14-10-9-13-28(30)31/h6-21,23,33,41H,5,22H2,1-4H3/t33-,38?/m1/s1. The molecule has 2 amide bonds. The van der Waals surface area contributed by atoms with Gasteiger partial charge in [0.05, 0.1) is 12.3 Å². The fraction of sp³-hybridized carbons (Fsp3) is 0.237. The minimum atomic E-state index is -1.92. The van der Waals surface area contributed by atoms with Crippen LogP contribution in [-0.2, 0) is 31.0 Å². The number of aromatic nitrogens is 1. The Morgan fingerprint density at radius 1 is 0.938 bits per heavy atom. The summed E-state index contributed by atoms with van der Waals surface area (Å²) in [6.45, 7) is 7.21. The normalized spacial score (nSPS) is 16.5. The minimum Gasteiger partial charge on any atom is -0.464 e. The van der Waals surface area contributed by atoms with Crippen molar-refractivity contribution in [1.82, 2.24) is 4.57 Å². The van der Waals surface area contributed by atoms with Crippen molar-refractivity contribution >= 4 is 56.2 Å². The molecule has 4 aromatic carbocycles. The Morgan fingerprint density at radius 3 is 2.31 bits per heavy atom. The molecular formula is C38H35BrFN3O5. The van der Waals surface area contributed by atoms with Crippen molar-refractivity contribution < 1.29 is 28.2 Å².